The van der Waals surface area contributed by atoms with Gasteiger partial charge in [0, 0.05) is 25.7 Å². The Kier molecular flexibility index (Phi) is 56.6. The number of phosphoric acid groups is 2. The topological polar surface area (TPSA) is 237 Å². The van der Waals surface area contributed by atoms with Crippen LogP contribution in [0.2, 0.25) is 0 Å². The van der Waals surface area contributed by atoms with Gasteiger partial charge in [-0.15, -0.1) is 0 Å². The van der Waals surface area contributed by atoms with E-state index in [0.29, 0.717) is 37.5 Å². The second-order valence-corrected chi connectivity index (χ2v) is 29.1. The summed E-state index contributed by atoms with van der Waals surface area (Å²) in [7, 11) is -9.90. The average molecular weight is 1280 g/mol. The number of esters is 4. The third-order valence-corrected chi connectivity index (χ3v) is 17.8. The van der Waals surface area contributed by atoms with Crippen LogP contribution in [0.3, 0.4) is 0 Å². The molecule has 0 fully saturated rings. The Labute approximate surface area is 530 Å². The molecule has 0 rings (SSSR count). The van der Waals surface area contributed by atoms with E-state index in [0.717, 1.165) is 115 Å². The highest BCUT2D eigenvalue weighted by molar-refractivity contribution is 7.47. The van der Waals surface area contributed by atoms with Crippen LogP contribution in [0.25, 0.3) is 0 Å². The Morgan fingerprint density at radius 2 is 0.552 bits per heavy atom. The summed E-state index contributed by atoms with van der Waals surface area (Å²) < 4.78 is 68.1. The van der Waals surface area contributed by atoms with Crippen LogP contribution in [0.4, 0.5) is 0 Å². The number of unbranched alkanes of at least 4 members (excludes halogenated alkanes) is 30. The number of carbonyl (C=O) groups excluding carboxylic acids is 4. The number of hydrogen-bond acceptors (Lipinski definition) is 15. The summed E-state index contributed by atoms with van der Waals surface area (Å²) in [6, 6.07) is 0. The van der Waals surface area contributed by atoms with E-state index >= 15 is 0 Å². The summed E-state index contributed by atoms with van der Waals surface area (Å²) in [4.78, 5) is 72.4. The maximum Gasteiger partial charge on any atom is 0.472 e. The van der Waals surface area contributed by atoms with Crippen molar-refractivity contribution in [3.05, 3.63) is 0 Å². The molecule has 0 spiro atoms. The molecule has 0 aliphatic rings. The quantitative estimate of drug-likeness (QED) is 0.0222. The zero-order valence-electron chi connectivity index (χ0n) is 56.6. The third-order valence-electron chi connectivity index (χ3n) is 15.9. The molecule has 516 valence electrons. The lowest BCUT2D eigenvalue weighted by Crippen LogP contribution is -2.30. The molecule has 0 aromatic rings. The van der Waals surface area contributed by atoms with Gasteiger partial charge in [0.25, 0.3) is 0 Å². The van der Waals surface area contributed by atoms with Gasteiger partial charge >= 0.3 is 39.5 Å². The van der Waals surface area contributed by atoms with E-state index in [4.69, 9.17) is 37.0 Å². The smallest absolute Gasteiger partial charge is 0.462 e. The number of rotatable bonds is 65. The molecule has 0 aromatic heterocycles. The highest BCUT2D eigenvalue weighted by atomic mass is 31.2. The molecule has 0 heterocycles. The van der Waals surface area contributed by atoms with E-state index in [2.05, 4.69) is 55.4 Å². The summed E-state index contributed by atoms with van der Waals surface area (Å²) in [5.74, 6) is 0.803. The maximum absolute atomic E-state index is 13.0. The van der Waals surface area contributed by atoms with Crippen LogP contribution in [0.1, 0.15) is 331 Å². The summed E-state index contributed by atoms with van der Waals surface area (Å²) >= 11 is 0. The first-order valence-electron chi connectivity index (χ1n) is 35.2. The Balaban J connectivity index is 5.23. The molecule has 0 aromatic carbocycles. The normalized spacial score (nSPS) is 14.6. The number of phosphoric ester groups is 2. The molecule has 3 N–H and O–H groups in total. The molecule has 0 aliphatic carbocycles. The average Bonchev–Trinajstić information content (AvgIpc) is 3.65. The van der Waals surface area contributed by atoms with E-state index in [-0.39, 0.29) is 25.7 Å². The van der Waals surface area contributed by atoms with Crippen molar-refractivity contribution in [1.82, 2.24) is 0 Å². The monoisotopic (exact) mass is 1280 g/mol. The van der Waals surface area contributed by atoms with E-state index in [9.17, 15) is 43.2 Å². The number of ether oxygens (including phenoxy) is 4. The molecule has 0 radical (unpaired) electrons. The van der Waals surface area contributed by atoms with Gasteiger partial charge in [-0.3, -0.25) is 37.3 Å². The van der Waals surface area contributed by atoms with Gasteiger partial charge in [0.05, 0.1) is 26.4 Å². The van der Waals surface area contributed by atoms with E-state index < -0.39 is 97.5 Å². The summed E-state index contributed by atoms with van der Waals surface area (Å²) in [6.45, 7) is 14.0. The van der Waals surface area contributed by atoms with Gasteiger partial charge < -0.3 is 33.8 Å². The molecule has 0 saturated heterocycles. The van der Waals surface area contributed by atoms with Crippen LogP contribution in [0.15, 0.2) is 0 Å². The van der Waals surface area contributed by atoms with E-state index in [1.165, 1.54) is 122 Å². The van der Waals surface area contributed by atoms with Crippen LogP contribution in [0, 0.1) is 23.7 Å². The summed E-state index contributed by atoms with van der Waals surface area (Å²) in [5.41, 5.74) is 0. The Hall–Kier alpha value is -1.94. The van der Waals surface area contributed by atoms with Crippen molar-refractivity contribution in [1.29, 1.82) is 0 Å². The van der Waals surface area contributed by atoms with Crippen molar-refractivity contribution in [3.8, 4) is 0 Å². The highest BCUT2D eigenvalue weighted by Crippen LogP contribution is 2.45. The molecule has 0 amide bonds. The van der Waals surface area contributed by atoms with Crippen molar-refractivity contribution in [2.45, 2.75) is 350 Å². The fourth-order valence-corrected chi connectivity index (χ4v) is 11.7. The summed E-state index contributed by atoms with van der Waals surface area (Å²) in [6.07, 6.45) is 39.1. The van der Waals surface area contributed by atoms with Crippen LogP contribution in [-0.4, -0.2) is 96.7 Å². The fraction of sp³-hybridized carbons (Fsp3) is 0.941. The number of carbonyl (C=O) groups is 4. The molecule has 17 nitrogen and oxygen atoms in total. The van der Waals surface area contributed by atoms with Gasteiger partial charge in [0.15, 0.2) is 12.2 Å². The van der Waals surface area contributed by atoms with Crippen molar-refractivity contribution < 1.29 is 80.2 Å². The molecule has 6 atom stereocenters. The van der Waals surface area contributed by atoms with Crippen LogP contribution >= 0.6 is 15.6 Å². The van der Waals surface area contributed by atoms with E-state index in [1.807, 2.05) is 0 Å². The van der Waals surface area contributed by atoms with Gasteiger partial charge in [-0.05, 0) is 49.4 Å². The highest BCUT2D eigenvalue weighted by Gasteiger charge is 2.30. The molecule has 3 unspecified atom stereocenters. The minimum Gasteiger partial charge on any atom is -0.462 e. The standard InChI is InChI=1S/C68H132O17P2/c1-9-61(8)47-39-31-21-17-14-15-19-23-35-43-51-68(73)85-64(55-79-66(71)49-41-33-27-25-30-38-46-60(6)7)57-83-87(76,77)81-53-62(69)52-80-86(74,75)82-56-63(54-78-65(70)48-40-32-26-24-29-37-45-59(4)5)84-67(72)50-42-34-22-18-13-11-10-12-16-20-28-36-44-58(2)3/h58-64,69H,9-57H2,1-8H3,(H,74,75)(H,76,77)/t61?,62-,63-,64-/m1/s1. The lowest BCUT2D eigenvalue weighted by molar-refractivity contribution is -0.161. The Morgan fingerprint density at radius 1 is 0.322 bits per heavy atom. The first-order chi connectivity index (χ1) is 41.6. The number of aliphatic hydroxyl groups excluding tert-OH is 1. The maximum atomic E-state index is 13.0. The SMILES string of the molecule is CCC(C)CCCCCCCCCCCCC(=O)O[C@H](COC(=O)CCCCCCCCC(C)C)COP(=O)(O)OC[C@H](O)COP(=O)(O)OC[C@@H](COC(=O)CCCCCCCCC(C)C)OC(=O)CCCCCCCCCCCCCCC(C)C. The van der Waals surface area contributed by atoms with Crippen molar-refractivity contribution in [2.75, 3.05) is 39.6 Å². The lowest BCUT2D eigenvalue weighted by atomic mass is 9.99. The first kappa shape index (κ1) is 85.1. The molecule has 19 heteroatoms. The molecule has 87 heavy (non-hydrogen) atoms. The molecule has 0 aliphatic heterocycles. The minimum absolute atomic E-state index is 0.104. The molecule has 0 saturated carbocycles. The number of aliphatic hydroxyl groups is 1. The first-order valence-corrected chi connectivity index (χ1v) is 38.2. The van der Waals surface area contributed by atoms with Gasteiger partial charge in [-0.1, -0.05) is 280 Å². The molecular weight excluding hydrogens is 1150 g/mol. The van der Waals surface area contributed by atoms with Crippen molar-refractivity contribution in [3.63, 3.8) is 0 Å². The second-order valence-electron chi connectivity index (χ2n) is 26.2. The van der Waals surface area contributed by atoms with Gasteiger partial charge in [-0.2, -0.15) is 0 Å². The van der Waals surface area contributed by atoms with Crippen molar-refractivity contribution >= 4 is 39.5 Å². The van der Waals surface area contributed by atoms with Crippen LogP contribution in [-0.2, 0) is 65.4 Å². The third kappa shape index (κ3) is 61.3. The molecule has 0 bridgehead atoms. The van der Waals surface area contributed by atoms with E-state index in [1.54, 1.807) is 0 Å². The number of hydrogen-bond donors (Lipinski definition) is 3. The molecular formula is C68H132O17P2. The van der Waals surface area contributed by atoms with Crippen LogP contribution in [0.5, 0.6) is 0 Å². The van der Waals surface area contributed by atoms with Crippen molar-refractivity contribution in [2.24, 2.45) is 23.7 Å². The predicted molar refractivity (Wildman–Crippen MR) is 349 cm³/mol. The van der Waals surface area contributed by atoms with Gasteiger partial charge in [0.1, 0.15) is 19.3 Å². The second kappa shape index (κ2) is 57.9. The lowest BCUT2D eigenvalue weighted by Gasteiger charge is -2.21. The zero-order chi connectivity index (χ0) is 64.7. The Bertz CT molecular complexity index is 1730. The predicted octanol–water partition coefficient (Wildman–Crippen LogP) is 18.9. The minimum atomic E-state index is -4.95. The Morgan fingerprint density at radius 3 is 0.816 bits per heavy atom. The zero-order valence-corrected chi connectivity index (χ0v) is 58.4. The van der Waals surface area contributed by atoms with Crippen LogP contribution < -0.4 is 0 Å². The largest absolute Gasteiger partial charge is 0.472 e. The van der Waals surface area contributed by atoms with Gasteiger partial charge in [-0.25, -0.2) is 9.13 Å². The fourth-order valence-electron chi connectivity index (χ4n) is 10.1. The summed E-state index contributed by atoms with van der Waals surface area (Å²) in [5, 5.41) is 10.6. The van der Waals surface area contributed by atoms with Gasteiger partial charge in [0.2, 0.25) is 0 Å².